The van der Waals surface area contributed by atoms with Crippen molar-refractivity contribution in [1.29, 1.82) is 0 Å². The number of hydrogen-bond acceptors (Lipinski definition) is 3. The fourth-order valence-electron chi connectivity index (χ4n) is 0.608. The highest BCUT2D eigenvalue weighted by Gasteiger charge is 2.06. The van der Waals surface area contributed by atoms with Gasteiger partial charge in [0.25, 0.3) is 0 Å². The summed E-state index contributed by atoms with van der Waals surface area (Å²) in [6.07, 6.45) is 1.47. The van der Waals surface area contributed by atoms with Crippen LogP contribution in [0.4, 0.5) is 0 Å². The summed E-state index contributed by atoms with van der Waals surface area (Å²) in [5, 5.41) is 8.21. The molecule has 4 nitrogen and oxygen atoms in total. The standard InChI is InChI=1S/C6H11NO3/c7-5(2-1-3-8)4-6(9)10/h3,5H,1-2,4,7H2,(H,9,10). The highest BCUT2D eigenvalue weighted by Crippen LogP contribution is 1.96. The number of carbonyl (C=O) groups is 2. The molecular formula is C6H11NO3. The summed E-state index contributed by atoms with van der Waals surface area (Å²) in [4.78, 5) is 19.8. The van der Waals surface area contributed by atoms with Crippen molar-refractivity contribution >= 4 is 12.3 Å². The highest BCUT2D eigenvalue weighted by molar-refractivity contribution is 5.67. The van der Waals surface area contributed by atoms with Crippen LogP contribution in [-0.4, -0.2) is 23.4 Å². The van der Waals surface area contributed by atoms with Gasteiger partial charge in [-0.15, -0.1) is 0 Å². The number of aliphatic carboxylic acids is 1. The van der Waals surface area contributed by atoms with Gasteiger partial charge in [0, 0.05) is 12.5 Å². The number of aldehydes is 1. The normalized spacial score (nSPS) is 12.5. The van der Waals surface area contributed by atoms with Crippen LogP contribution in [0.5, 0.6) is 0 Å². The van der Waals surface area contributed by atoms with E-state index in [1.54, 1.807) is 0 Å². The molecule has 3 N–H and O–H groups in total. The number of carbonyl (C=O) groups excluding carboxylic acids is 1. The zero-order chi connectivity index (χ0) is 7.98. The van der Waals surface area contributed by atoms with Crippen molar-refractivity contribution in [3.8, 4) is 0 Å². The van der Waals surface area contributed by atoms with E-state index in [0.29, 0.717) is 12.8 Å². The Morgan fingerprint density at radius 3 is 2.70 bits per heavy atom. The Morgan fingerprint density at radius 1 is 1.70 bits per heavy atom. The predicted octanol–water partition coefficient (Wildman–Crippen LogP) is -0.233. The first-order valence-corrected chi connectivity index (χ1v) is 3.08. The third kappa shape index (κ3) is 5.24. The average molecular weight is 145 g/mol. The summed E-state index contributed by atoms with van der Waals surface area (Å²) < 4.78 is 0. The van der Waals surface area contributed by atoms with Crippen molar-refractivity contribution in [2.45, 2.75) is 25.3 Å². The van der Waals surface area contributed by atoms with Gasteiger partial charge in [-0.2, -0.15) is 0 Å². The first kappa shape index (κ1) is 9.10. The molecule has 0 bridgehead atoms. The predicted molar refractivity (Wildman–Crippen MR) is 35.5 cm³/mol. The minimum Gasteiger partial charge on any atom is -0.481 e. The smallest absolute Gasteiger partial charge is 0.304 e. The van der Waals surface area contributed by atoms with E-state index in [1.807, 2.05) is 0 Å². The summed E-state index contributed by atoms with van der Waals surface area (Å²) in [5.74, 6) is -0.918. The first-order valence-electron chi connectivity index (χ1n) is 3.08. The van der Waals surface area contributed by atoms with Crippen LogP contribution in [0.1, 0.15) is 19.3 Å². The number of carboxylic acid groups (broad SMARTS) is 1. The van der Waals surface area contributed by atoms with Crippen molar-refractivity contribution in [2.75, 3.05) is 0 Å². The molecule has 0 amide bonds. The van der Waals surface area contributed by atoms with E-state index in [2.05, 4.69) is 0 Å². The van der Waals surface area contributed by atoms with Crippen LogP contribution in [0, 0.1) is 0 Å². The van der Waals surface area contributed by atoms with Crippen LogP contribution in [0.25, 0.3) is 0 Å². The number of hydrogen-bond donors (Lipinski definition) is 2. The molecule has 1 atom stereocenters. The van der Waals surface area contributed by atoms with Crippen LogP contribution >= 0.6 is 0 Å². The molecule has 0 rings (SSSR count). The summed E-state index contributed by atoms with van der Waals surface area (Å²) in [7, 11) is 0. The minimum atomic E-state index is -0.918. The lowest BCUT2D eigenvalue weighted by atomic mass is 10.1. The third-order valence-corrected chi connectivity index (χ3v) is 1.09. The van der Waals surface area contributed by atoms with Gasteiger partial charge in [-0.05, 0) is 6.42 Å². The Labute approximate surface area is 59.0 Å². The second kappa shape index (κ2) is 4.93. The van der Waals surface area contributed by atoms with E-state index in [0.717, 1.165) is 6.29 Å². The molecular weight excluding hydrogens is 134 g/mol. The fraction of sp³-hybridized carbons (Fsp3) is 0.667. The number of carboxylic acids is 1. The van der Waals surface area contributed by atoms with Gasteiger partial charge in [0.05, 0.1) is 6.42 Å². The fourth-order valence-corrected chi connectivity index (χ4v) is 0.608. The monoisotopic (exact) mass is 145 g/mol. The average Bonchev–Trinajstić information content (AvgIpc) is 1.82. The minimum absolute atomic E-state index is 0.0617. The molecule has 0 aromatic carbocycles. The lowest BCUT2D eigenvalue weighted by Gasteiger charge is -2.03. The highest BCUT2D eigenvalue weighted by atomic mass is 16.4. The maximum atomic E-state index is 10.0. The Kier molecular flexibility index (Phi) is 4.49. The van der Waals surface area contributed by atoms with Gasteiger partial charge in [-0.1, -0.05) is 0 Å². The van der Waals surface area contributed by atoms with Crippen LogP contribution < -0.4 is 5.73 Å². The summed E-state index contributed by atoms with van der Waals surface area (Å²) in [6.45, 7) is 0. The molecule has 0 saturated carbocycles. The maximum Gasteiger partial charge on any atom is 0.304 e. The summed E-state index contributed by atoms with van der Waals surface area (Å²) >= 11 is 0. The molecule has 4 heteroatoms. The Morgan fingerprint density at radius 2 is 2.30 bits per heavy atom. The Hall–Kier alpha value is -0.900. The quantitative estimate of drug-likeness (QED) is 0.523. The van der Waals surface area contributed by atoms with Crippen molar-refractivity contribution in [3.05, 3.63) is 0 Å². The molecule has 0 spiro atoms. The van der Waals surface area contributed by atoms with E-state index in [9.17, 15) is 9.59 Å². The Balaban J connectivity index is 3.33. The van der Waals surface area contributed by atoms with Crippen molar-refractivity contribution in [2.24, 2.45) is 5.73 Å². The number of nitrogens with two attached hydrogens (primary N) is 1. The molecule has 0 fully saturated rings. The van der Waals surface area contributed by atoms with Gasteiger partial charge in [0.1, 0.15) is 6.29 Å². The Bertz CT molecular complexity index is 124. The number of rotatable bonds is 5. The molecule has 0 heterocycles. The van der Waals surface area contributed by atoms with Crippen LogP contribution in [0.15, 0.2) is 0 Å². The van der Waals surface area contributed by atoms with Gasteiger partial charge in [0.2, 0.25) is 0 Å². The zero-order valence-corrected chi connectivity index (χ0v) is 5.62. The van der Waals surface area contributed by atoms with Gasteiger partial charge in [0.15, 0.2) is 0 Å². The van der Waals surface area contributed by atoms with Gasteiger partial charge in [-0.25, -0.2) is 0 Å². The van der Waals surface area contributed by atoms with Crippen LogP contribution in [0.2, 0.25) is 0 Å². The molecule has 0 aromatic rings. The topological polar surface area (TPSA) is 80.4 Å². The van der Waals surface area contributed by atoms with Gasteiger partial charge >= 0.3 is 5.97 Å². The molecule has 0 aliphatic heterocycles. The molecule has 0 radical (unpaired) electrons. The first-order chi connectivity index (χ1) is 4.66. The second-order valence-electron chi connectivity index (χ2n) is 2.10. The van der Waals surface area contributed by atoms with Crippen molar-refractivity contribution in [1.82, 2.24) is 0 Å². The lowest BCUT2D eigenvalue weighted by molar-refractivity contribution is -0.137. The molecule has 58 valence electrons. The molecule has 0 aliphatic rings. The molecule has 10 heavy (non-hydrogen) atoms. The SMILES string of the molecule is NC(CCC=O)CC(=O)O. The zero-order valence-electron chi connectivity index (χ0n) is 5.62. The largest absolute Gasteiger partial charge is 0.481 e. The van der Waals surface area contributed by atoms with E-state index in [1.165, 1.54) is 0 Å². The van der Waals surface area contributed by atoms with Crippen LogP contribution in [0.3, 0.4) is 0 Å². The van der Waals surface area contributed by atoms with Crippen molar-refractivity contribution in [3.63, 3.8) is 0 Å². The summed E-state index contributed by atoms with van der Waals surface area (Å²) in [6, 6.07) is -0.386. The van der Waals surface area contributed by atoms with Gasteiger partial charge in [-0.3, -0.25) is 4.79 Å². The maximum absolute atomic E-state index is 10.0. The lowest BCUT2D eigenvalue weighted by Crippen LogP contribution is -2.23. The third-order valence-electron chi connectivity index (χ3n) is 1.09. The van der Waals surface area contributed by atoms with E-state index in [-0.39, 0.29) is 12.5 Å². The van der Waals surface area contributed by atoms with Crippen molar-refractivity contribution < 1.29 is 14.7 Å². The van der Waals surface area contributed by atoms with E-state index < -0.39 is 5.97 Å². The molecule has 0 aromatic heterocycles. The van der Waals surface area contributed by atoms with Gasteiger partial charge < -0.3 is 15.6 Å². The molecule has 1 unspecified atom stereocenters. The summed E-state index contributed by atoms with van der Waals surface area (Å²) in [5.41, 5.74) is 5.32. The van der Waals surface area contributed by atoms with E-state index in [4.69, 9.17) is 10.8 Å². The van der Waals surface area contributed by atoms with Crippen LogP contribution in [-0.2, 0) is 9.59 Å². The molecule has 0 aliphatic carbocycles. The second-order valence-corrected chi connectivity index (χ2v) is 2.10. The van der Waals surface area contributed by atoms with E-state index >= 15 is 0 Å². The molecule has 0 saturated heterocycles.